The van der Waals surface area contributed by atoms with Gasteiger partial charge in [-0.05, 0) is 73.9 Å². The zero-order chi connectivity index (χ0) is 29.3. The van der Waals surface area contributed by atoms with E-state index in [0.29, 0.717) is 28.7 Å². The second-order valence-corrected chi connectivity index (χ2v) is 10.2. The van der Waals surface area contributed by atoms with Gasteiger partial charge in [0.2, 0.25) is 5.75 Å². The Morgan fingerprint density at radius 2 is 1.68 bits per heavy atom. The molecule has 1 N–H and O–H groups in total. The highest BCUT2D eigenvalue weighted by molar-refractivity contribution is 6.31. The van der Waals surface area contributed by atoms with Gasteiger partial charge in [-0.2, -0.15) is 0 Å². The van der Waals surface area contributed by atoms with E-state index in [0.717, 1.165) is 25.7 Å². The Balaban J connectivity index is 1.41. The Morgan fingerprint density at radius 1 is 0.951 bits per heavy atom. The van der Waals surface area contributed by atoms with Crippen LogP contribution in [0.5, 0.6) is 28.7 Å². The molecular weight excluding hydrogens is 532 g/mol. The molecule has 3 atom stereocenters. The van der Waals surface area contributed by atoms with Crippen molar-refractivity contribution in [2.24, 2.45) is 11.8 Å². The summed E-state index contributed by atoms with van der Waals surface area (Å²) in [5.41, 5.74) is 0.474. The number of methoxy groups -OCH3 is 3. The number of urea groups is 1. The highest BCUT2D eigenvalue weighted by Crippen LogP contribution is 2.47. The van der Waals surface area contributed by atoms with Gasteiger partial charge in [-0.1, -0.05) is 12.5 Å². The minimum absolute atomic E-state index is 0.131. The molecule has 2 aliphatic carbocycles. The van der Waals surface area contributed by atoms with Gasteiger partial charge in [-0.25, -0.2) is 9.59 Å². The zero-order valence-electron chi connectivity index (χ0n) is 23.4. The lowest BCUT2D eigenvalue weighted by Crippen LogP contribution is -2.58. The average molecular weight is 565 g/mol. The summed E-state index contributed by atoms with van der Waals surface area (Å²) >= 11 is 0. The molecule has 3 aliphatic rings. The number of esters is 1. The molecule has 1 aliphatic heterocycles. The number of imide groups is 2. The number of ether oxygens (including phenoxy) is 5. The summed E-state index contributed by atoms with van der Waals surface area (Å²) < 4.78 is 27.3. The van der Waals surface area contributed by atoms with Gasteiger partial charge >= 0.3 is 12.0 Å². The van der Waals surface area contributed by atoms with Gasteiger partial charge in [0, 0.05) is 6.04 Å². The molecule has 2 aromatic carbocycles. The molecular formula is C30H32N2O9. The predicted molar refractivity (Wildman–Crippen MR) is 146 cm³/mol. The SMILES string of the molecule is CCOc1cc(/C=C2\C(=O)NC(=O)N([C@H]3C[C@H]4CC[C@H]3C4)C2=O)ccc1OC(=O)c1cc(OC)c(OC)c(OC)c1. The third kappa shape index (κ3) is 5.31. The van der Waals surface area contributed by atoms with Gasteiger partial charge in [0.15, 0.2) is 23.0 Å². The van der Waals surface area contributed by atoms with Gasteiger partial charge in [0.05, 0.1) is 33.5 Å². The number of rotatable bonds is 9. The van der Waals surface area contributed by atoms with Crippen LogP contribution in [0.2, 0.25) is 0 Å². The number of benzene rings is 2. The Labute approximate surface area is 237 Å². The summed E-state index contributed by atoms with van der Waals surface area (Å²) in [6.07, 6.45) is 5.28. The van der Waals surface area contributed by atoms with E-state index >= 15 is 0 Å². The fourth-order valence-corrected chi connectivity index (χ4v) is 5.99. The van der Waals surface area contributed by atoms with Crippen molar-refractivity contribution in [2.45, 2.75) is 38.6 Å². The van der Waals surface area contributed by atoms with Crippen LogP contribution in [0, 0.1) is 11.8 Å². The van der Waals surface area contributed by atoms with E-state index in [1.54, 1.807) is 19.1 Å². The smallest absolute Gasteiger partial charge is 0.343 e. The van der Waals surface area contributed by atoms with E-state index in [1.165, 1.54) is 50.5 Å². The van der Waals surface area contributed by atoms with Gasteiger partial charge < -0.3 is 23.7 Å². The first-order chi connectivity index (χ1) is 19.8. The normalized spacial score (nSPS) is 22.5. The number of hydrogen-bond acceptors (Lipinski definition) is 9. The van der Waals surface area contributed by atoms with Crippen LogP contribution in [0.15, 0.2) is 35.9 Å². The number of fused-ring (bicyclic) bond motifs is 2. The van der Waals surface area contributed by atoms with E-state index in [4.69, 9.17) is 23.7 Å². The first-order valence-corrected chi connectivity index (χ1v) is 13.5. The second kappa shape index (κ2) is 11.5. The molecule has 0 aromatic heterocycles. The average Bonchev–Trinajstić information content (AvgIpc) is 3.59. The maximum absolute atomic E-state index is 13.4. The molecule has 2 saturated carbocycles. The summed E-state index contributed by atoms with van der Waals surface area (Å²) in [4.78, 5) is 53.0. The Hall–Kier alpha value is -4.54. The largest absolute Gasteiger partial charge is 0.493 e. The summed E-state index contributed by atoms with van der Waals surface area (Å²) in [5.74, 6) is 0.00582. The fraction of sp³-hybridized carbons (Fsp3) is 0.400. The van der Waals surface area contributed by atoms with E-state index < -0.39 is 23.8 Å². The number of nitrogens with zero attached hydrogens (tertiary/aromatic N) is 1. The van der Waals surface area contributed by atoms with Crippen LogP contribution in [-0.2, 0) is 9.59 Å². The molecule has 2 bridgehead atoms. The Kier molecular flexibility index (Phi) is 7.87. The molecule has 2 aromatic rings. The molecule has 4 amide bonds. The number of barbiturate groups is 1. The van der Waals surface area contributed by atoms with Crippen molar-refractivity contribution < 1.29 is 42.9 Å². The van der Waals surface area contributed by atoms with E-state index in [9.17, 15) is 19.2 Å². The van der Waals surface area contributed by atoms with Gasteiger partial charge in [0.1, 0.15) is 5.57 Å². The molecule has 0 spiro atoms. The van der Waals surface area contributed by atoms with Crippen LogP contribution >= 0.6 is 0 Å². The topological polar surface area (TPSA) is 130 Å². The molecule has 0 radical (unpaired) electrons. The third-order valence-electron chi connectivity index (χ3n) is 7.85. The van der Waals surface area contributed by atoms with Gasteiger partial charge in [-0.15, -0.1) is 0 Å². The molecule has 11 heteroatoms. The van der Waals surface area contributed by atoms with Crippen molar-refractivity contribution in [1.29, 1.82) is 0 Å². The molecule has 41 heavy (non-hydrogen) atoms. The summed E-state index contributed by atoms with van der Waals surface area (Å²) in [7, 11) is 4.34. The molecule has 0 unspecified atom stereocenters. The van der Waals surface area contributed by atoms with Crippen molar-refractivity contribution in [3.8, 4) is 28.7 Å². The van der Waals surface area contributed by atoms with Gasteiger partial charge in [0.25, 0.3) is 11.8 Å². The number of carbonyl (C=O) groups is 4. The molecule has 1 saturated heterocycles. The number of hydrogen-bond donors (Lipinski definition) is 1. The lowest BCUT2D eigenvalue weighted by molar-refractivity contribution is -0.132. The minimum Gasteiger partial charge on any atom is -0.493 e. The van der Waals surface area contributed by atoms with Crippen molar-refractivity contribution >= 4 is 29.9 Å². The van der Waals surface area contributed by atoms with Gasteiger partial charge in [-0.3, -0.25) is 19.8 Å². The van der Waals surface area contributed by atoms with Crippen molar-refractivity contribution in [2.75, 3.05) is 27.9 Å². The van der Waals surface area contributed by atoms with Crippen LogP contribution in [0.25, 0.3) is 6.08 Å². The lowest BCUT2D eigenvalue weighted by Gasteiger charge is -2.35. The van der Waals surface area contributed by atoms with Crippen LogP contribution in [0.3, 0.4) is 0 Å². The third-order valence-corrected chi connectivity index (χ3v) is 7.85. The minimum atomic E-state index is -0.754. The van der Waals surface area contributed by atoms with Crippen LogP contribution in [0.4, 0.5) is 4.79 Å². The molecule has 5 rings (SSSR count). The molecule has 3 fully saturated rings. The highest BCUT2D eigenvalue weighted by Gasteiger charge is 2.49. The predicted octanol–water partition coefficient (Wildman–Crippen LogP) is 3.98. The molecule has 1 heterocycles. The fourth-order valence-electron chi connectivity index (χ4n) is 5.99. The van der Waals surface area contributed by atoms with Crippen molar-refractivity contribution in [1.82, 2.24) is 10.2 Å². The second-order valence-electron chi connectivity index (χ2n) is 10.2. The lowest BCUT2D eigenvalue weighted by atomic mass is 9.93. The Morgan fingerprint density at radius 3 is 2.27 bits per heavy atom. The summed E-state index contributed by atoms with van der Waals surface area (Å²) in [5, 5.41) is 2.32. The monoisotopic (exact) mass is 564 g/mol. The number of carbonyl (C=O) groups excluding carboxylic acids is 4. The standard InChI is InChI=1S/C30H32N2O9/c1-5-40-23-13-17(7-9-22(23)41-29(35)19-14-24(37-2)26(39-4)25(15-19)38-3)11-20-27(33)31-30(36)32(28(20)34)21-12-16-6-8-18(21)10-16/h7,9,11,13-16,18,21H,5-6,8,10,12H2,1-4H3,(H,31,33,36)/b20-11+/t16-,18-,21-/m0/s1. The molecule has 216 valence electrons. The first kappa shape index (κ1) is 28.0. The van der Waals surface area contributed by atoms with E-state index in [-0.39, 0.29) is 41.2 Å². The van der Waals surface area contributed by atoms with Crippen LogP contribution in [-0.4, -0.2) is 62.7 Å². The molecule has 11 nitrogen and oxygen atoms in total. The summed E-state index contributed by atoms with van der Waals surface area (Å²) in [6, 6.07) is 6.74. The maximum atomic E-state index is 13.4. The van der Waals surface area contributed by atoms with Crippen molar-refractivity contribution in [3.63, 3.8) is 0 Å². The Bertz CT molecular complexity index is 1410. The quantitative estimate of drug-likeness (QED) is 0.208. The number of amides is 4. The highest BCUT2D eigenvalue weighted by atomic mass is 16.6. The first-order valence-electron chi connectivity index (χ1n) is 13.5. The van der Waals surface area contributed by atoms with Crippen LogP contribution < -0.4 is 29.0 Å². The van der Waals surface area contributed by atoms with E-state index in [1.807, 2.05) is 0 Å². The zero-order valence-corrected chi connectivity index (χ0v) is 23.4. The maximum Gasteiger partial charge on any atom is 0.343 e. The summed E-state index contributed by atoms with van der Waals surface area (Å²) in [6.45, 7) is 2.04. The number of nitrogens with one attached hydrogen (secondary N) is 1. The van der Waals surface area contributed by atoms with Crippen LogP contribution in [0.1, 0.15) is 48.5 Å². The van der Waals surface area contributed by atoms with E-state index in [2.05, 4.69) is 5.32 Å². The van der Waals surface area contributed by atoms with Crippen molar-refractivity contribution in [3.05, 3.63) is 47.0 Å².